The summed E-state index contributed by atoms with van der Waals surface area (Å²) in [6.45, 7) is 5.29. The molecule has 0 fully saturated rings. The van der Waals surface area contributed by atoms with Crippen molar-refractivity contribution in [1.29, 1.82) is 0 Å². The largest absolute Gasteiger partial charge is 0.457 e. The van der Waals surface area contributed by atoms with Gasteiger partial charge in [-0.05, 0) is 12.8 Å². The van der Waals surface area contributed by atoms with E-state index in [0.717, 1.165) is 19.3 Å². The van der Waals surface area contributed by atoms with Crippen LogP contribution in [0.15, 0.2) is 0 Å². The first-order chi connectivity index (χ1) is 17.7. The van der Waals surface area contributed by atoms with Gasteiger partial charge in [-0.15, -0.1) is 0 Å². The highest BCUT2D eigenvalue weighted by molar-refractivity contribution is 5.69. The van der Waals surface area contributed by atoms with E-state index in [9.17, 15) is 9.90 Å². The molecule has 0 bridgehead atoms. The second kappa shape index (κ2) is 30.6. The Labute approximate surface area is 225 Å². The quantitative estimate of drug-likeness (QED) is 0.0768. The topological polar surface area (TPSA) is 55.8 Å². The summed E-state index contributed by atoms with van der Waals surface area (Å²) >= 11 is 0. The van der Waals surface area contributed by atoms with E-state index in [1.54, 1.807) is 0 Å². The molecule has 0 radical (unpaired) electrons. The number of aliphatic hydroxyl groups excluding tert-OH is 1. The minimum atomic E-state index is -0.520. The van der Waals surface area contributed by atoms with E-state index in [1.165, 1.54) is 135 Å². The van der Waals surface area contributed by atoms with Crippen LogP contribution in [-0.4, -0.2) is 37.0 Å². The molecule has 0 saturated carbocycles. The third kappa shape index (κ3) is 28.0. The van der Waals surface area contributed by atoms with Crippen molar-refractivity contribution in [1.82, 2.24) is 0 Å². The Hall–Kier alpha value is -0.610. The Bertz CT molecular complexity index is 426. The fourth-order valence-electron chi connectivity index (χ4n) is 4.74. The number of esters is 1. The fourth-order valence-corrected chi connectivity index (χ4v) is 4.74. The van der Waals surface area contributed by atoms with Crippen molar-refractivity contribution in [2.45, 2.75) is 180 Å². The van der Waals surface area contributed by atoms with Crippen LogP contribution in [0.5, 0.6) is 0 Å². The Kier molecular flexibility index (Phi) is 30.1. The lowest BCUT2D eigenvalue weighted by molar-refractivity contribution is -0.154. The van der Waals surface area contributed by atoms with Gasteiger partial charge in [0.15, 0.2) is 0 Å². The second-order valence-corrected chi connectivity index (χ2v) is 10.9. The van der Waals surface area contributed by atoms with Crippen molar-refractivity contribution in [2.75, 3.05) is 19.8 Å². The fraction of sp³-hybridized carbons (Fsp3) is 0.969. The summed E-state index contributed by atoms with van der Waals surface area (Å²) in [5.74, 6) is -0.211. The molecule has 0 heterocycles. The van der Waals surface area contributed by atoms with E-state index in [0.29, 0.717) is 19.6 Å². The molecule has 0 aromatic heterocycles. The van der Waals surface area contributed by atoms with Crippen LogP contribution in [0.3, 0.4) is 0 Å². The maximum atomic E-state index is 11.9. The highest BCUT2D eigenvalue weighted by Crippen LogP contribution is 2.14. The van der Waals surface area contributed by atoms with E-state index in [2.05, 4.69) is 13.8 Å². The van der Waals surface area contributed by atoms with Gasteiger partial charge in [-0.2, -0.15) is 0 Å². The molecule has 1 unspecified atom stereocenters. The van der Waals surface area contributed by atoms with Crippen molar-refractivity contribution in [3.8, 4) is 0 Å². The van der Waals surface area contributed by atoms with E-state index in [1.807, 2.05) is 0 Å². The van der Waals surface area contributed by atoms with Gasteiger partial charge in [0, 0.05) is 13.0 Å². The van der Waals surface area contributed by atoms with Crippen LogP contribution in [0.25, 0.3) is 0 Å². The predicted octanol–water partition coefficient (Wildman–Crippen LogP) is 9.70. The molecular weight excluding hydrogens is 448 g/mol. The number of ether oxygens (including phenoxy) is 2. The molecule has 0 aliphatic carbocycles. The third-order valence-electron chi connectivity index (χ3n) is 7.18. The van der Waals surface area contributed by atoms with Crippen LogP contribution >= 0.6 is 0 Å². The number of hydrogen-bond acceptors (Lipinski definition) is 4. The molecule has 0 aliphatic heterocycles. The van der Waals surface area contributed by atoms with Crippen LogP contribution in [0, 0.1) is 0 Å². The van der Waals surface area contributed by atoms with Gasteiger partial charge in [0.2, 0.25) is 0 Å². The predicted molar refractivity (Wildman–Crippen MR) is 155 cm³/mol. The molecule has 1 N–H and O–H groups in total. The van der Waals surface area contributed by atoms with Crippen LogP contribution in [0.4, 0.5) is 0 Å². The highest BCUT2D eigenvalue weighted by Gasteiger charge is 2.13. The third-order valence-corrected chi connectivity index (χ3v) is 7.18. The average molecular weight is 513 g/mol. The lowest BCUT2D eigenvalue weighted by Gasteiger charge is -2.15. The first-order valence-corrected chi connectivity index (χ1v) is 16.1. The molecule has 0 amide bonds. The maximum Gasteiger partial charge on any atom is 0.306 e. The average Bonchev–Trinajstić information content (AvgIpc) is 2.88. The Balaban J connectivity index is 3.29. The molecule has 0 spiro atoms. The monoisotopic (exact) mass is 512 g/mol. The Morgan fingerprint density at radius 3 is 1.31 bits per heavy atom. The van der Waals surface area contributed by atoms with Gasteiger partial charge in [-0.25, -0.2) is 0 Å². The normalized spacial score (nSPS) is 12.2. The zero-order valence-corrected chi connectivity index (χ0v) is 24.5. The molecule has 36 heavy (non-hydrogen) atoms. The Morgan fingerprint density at radius 2 is 0.917 bits per heavy atom. The van der Waals surface area contributed by atoms with Crippen LogP contribution in [-0.2, 0) is 14.3 Å². The summed E-state index contributed by atoms with van der Waals surface area (Å²) in [6, 6.07) is 0. The summed E-state index contributed by atoms with van der Waals surface area (Å²) in [5.41, 5.74) is 0. The van der Waals surface area contributed by atoms with Gasteiger partial charge < -0.3 is 14.6 Å². The summed E-state index contributed by atoms with van der Waals surface area (Å²) in [6.07, 6.45) is 31.6. The standard InChI is InChI=1S/C32H64O4/c1-3-5-7-9-10-11-12-13-14-15-16-17-18-19-20-21-22-24-26-28-35-30-31(29-33)36-32(34)27-25-23-8-6-4-2/h31,33H,3-30H2,1-2H3. The van der Waals surface area contributed by atoms with E-state index < -0.39 is 6.10 Å². The Morgan fingerprint density at radius 1 is 0.556 bits per heavy atom. The van der Waals surface area contributed by atoms with E-state index >= 15 is 0 Å². The smallest absolute Gasteiger partial charge is 0.306 e. The molecule has 0 saturated heterocycles. The number of hydrogen-bond donors (Lipinski definition) is 1. The summed E-state index contributed by atoms with van der Waals surface area (Å²) < 4.78 is 11.0. The highest BCUT2D eigenvalue weighted by atomic mass is 16.6. The van der Waals surface area contributed by atoms with Gasteiger partial charge in [-0.1, -0.05) is 155 Å². The van der Waals surface area contributed by atoms with Crippen LogP contribution in [0.2, 0.25) is 0 Å². The lowest BCUT2D eigenvalue weighted by atomic mass is 10.0. The van der Waals surface area contributed by atoms with Crippen molar-refractivity contribution >= 4 is 5.97 Å². The number of unbranched alkanes of at least 4 members (excludes halogenated alkanes) is 22. The second-order valence-electron chi connectivity index (χ2n) is 10.9. The first-order valence-electron chi connectivity index (χ1n) is 16.1. The van der Waals surface area contributed by atoms with Gasteiger partial charge in [0.05, 0.1) is 13.2 Å². The number of aliphatic hydroxyl groups is 1. The van der Waals surface area contributed by atoms with Crippen molar-refractivity contribution in [2.24, 2.45) is 0 Å². The van der Waals surface area contributed by atoms with Crippen molar-refractivity contribution < 1.29 is 19.4 Å². The SMILES string of the molecule is CCCCCCCCCCCCCCCCCCCCCOCC(CO)OC(=O)CCCCCCC. The van der Waals surface area contributed by atoms with Crippen LogP contribution in [0.1, 0.15) is 174 Å². The minimum Gasteiger partial charge on any atom is -0.457 e. The van der Waals surface area contributed by atoms with Crippen molar-refractivity contribution in [3.05, 3.63) is 0 Å². The summed E-state index contributed by atoms with van der Waals surface area (Å²) in [4.78, 5) is 11.9. The number of carbonyl (C=O) groups excluding carboxylic acids is 1. The molecule has 0 aromatic rings. The van der Waals surface area contributed by atoms with E-state index in [-0.39, 0.29) is 12.6 Å². The molecule has 0 aliphatic rings. The summed E-state index contributed by atoms with van der Waals surface area (Å²) in [7, 11) is 0. The zero-order valence-electron chi connectivity index (χ0n) is 24.5. The molecule has 1 atom stereocenters. The van der Waals surface area contributed by atoms with Gasteiger partial charge in [0.1, 0.15) is 6.10 Å². The maximum absolute atomic E-state index is 11.9. The molecule has 4 nitrogen and oxygen atoms in total. The molecule has 0 aromatic carbocycles. The van der Waals surface area contributed by atoms with E-state index in [4.69, 9.17) is 9.47 Å². The number of carbonyl (C=O) groups is 1. The molecule has 0 rings (SSSR count). The van der Waals surface area contributed by atoms with Crippen LogP contribution < -0.4 is 0 Å². The van der Waals surface area contributed by atoms with Gasteiger partial charge >= 0.3 is 5.97 Å². The van der Waals surface area contributed by atoms with Crippen molar-refractivity contribution in [3.63, 3.8) is 0 Å². The first kappa shape index (κ1) is 35.4. The van der Waals surface area contributed by atoms with Gasteiger partial charge in [-0.3, -0.25) is 4.79 Å². The van der Waals surface area contributed by atoms with Gasteiger partial charge in [0.25, 0.3) is 0 Å². The minimum absolute atomic E-state index is 0.166. The molecular formula is C32H64O4. The zero-order chi connectivity index (χ0) is 26.4. The summed E-state index contributed by atoms with van der Waals surface area (Å²) in [5, 5.41) is 9.42. The lowest BCUT2D eigenvalue weighted by Crippen LogP contribution is -2.27. The number of rotatable bonds is 30. The molecule has 216 valence electrons. The molecule has 4 heteroatoms.